The fraction of sp³-hybridized carbons (Fsp3) is 0.292. The molecule has 0 radical (unpaired) electrons. The van der Waals surface area contributed by atoms with Crippen molar-refractivity contribution in [2.75, 3.05) is 18.5 Å². The topological polar surface area (TPSA) is 87.3 Å². The average Bonchev–Trinajstić information content (AvgIpc) is 3.44. The standard InChI is InChI=1S/C24H25FN4O3/c1-16(30)26-18-10-8-17(9-11-18)24(31)29-13-4-6-22(29)21-15-19(27-28-21)12-14-32-23-7-3-2-5-20(23)25/h2-3,5,7-11,15,22H,4,6,12-14H2,1H3,(H,26,30)(H,27,28). The largest absolute Gasteiger partial charge is 0.490 e. The smallest absolute Gasteiger partial charge is 0.254 e. The van der Waals surface area contributed by atoms with Gasteiger partial charge >= 0.3 is 0 Å². The summed E-state index contributed by atoms with van der Waals surface area (Å²) in [5.74, 6) is -0.376. The molecule has 2 aromatic carbocycles. The number of carbonyl (C=O) groups excluding carboxylic acids is 2. The van der Waals surface area contributed by atoms with E-state index in [1.165, 1.54) is 13.0 Å². The van der Waals surface area contributed by atoms with Crippen molar-refractivity contribution in [3.8, 4) is 5.75 Å². The van der Waals surface area contributed by atoms with Crippen LogP contribution in [0.2, 0.25) is 0 Å². The van der Waals surface area contributed by atoms with Gasteiger partial charge in [-0.1, -0.05) is 12.1 Å². The molecule has 2 amide bonds. The number of carbonyl (C=O) groups is 2. The number of aromatic amines is 1. The number of benzene rings is 2. The molecular formula is C24H25FN4O3. The zero-order valence-corrected chi connectivity index (χ0v) is 17.8. The van der Waals surface area contributed by atoms with Gasteiger partial charge in [-0.2, -0.15) is 5.10 Å². The lowest BCUT2D eigenvalue weighted by Crippen LogP contribution is -2.30. The summed E-state index contributed by atoms with van der Waals surface area (Å²) in [6.07, 6.45) is 2.29. The third-order valence-electron chi connectivity index (χ3n) is 5.42. The van der Waals surface area contributed by atoms with Crippen LogP contribution in [0.4, 0.5) is 10.1 Å². The van der Waals surface area contributed by atoms with Crippen LogP contribution in [-0.2, 0) is 11.2 Å². The Hall–Kier alpha value is -3.68. The summed E-state index contributed by atoms with van der Waals surface area (Å²) < 4.78 is 19.2. The Bertz CT molecular complexity index is 1100. The number of anilines is 1. The second-order valence-electron chi connectivity index (χ2n) is 7.76. The molecule has 8 heteroatoms. The Balaban J connectivity index is 1.38. The molecule has 1 fully saturated rings. The third-order valence-corrected chi connectivity index (χ3v) is 5.42. The van der Waals surface area contributed by atoms with E-state index in [1.54, 1.807) is 42.5 Å². The van der Waals surface area contributed by atoms with Crippen molar-refractivity contribution in [2.45, 2.75) is 32.2 Å². The lowest BCUT2D eigenvalue weighted by molar-refractivity contribution is -0.114. The van der Waals surface area contributed by atoms with Gasteiger partial charge in [0.1, 0.15) is 0 Å². The number of ether oxygens (including phenoxy) is 1. The van der Waals surface area contributed by atoms with Crippen LogP contribution in [0.25, 0.3) is 0 Å². The number of rotatable bonds is 7. The van der Waals surface area contributed by atoms with Gasteiger partial charge in [0.25, 0.3) is 5.91 Å². The molecule has 0 aliphatic carbocycles. The number of halogens is 1. The predicted molar refractivity (Wildman–Crippen MR) is 118 cm³/mol. The lowest BCUT2D eigenvalue weighted by Gasteiger charge is -2.23. The molecule has 4 rings (SSSR count). The summed E-state index contributed by atoms with van der Waals surface area (Å²) in [6, 6.07) is 15.0. The molecule has 2 N–H and O–H groups in total. The van der Waals surface area contributed by atoms with Gasteiger partial charge in [-0.15, -0.1) is 0 Å². The molecule has 1 unspecified atom stereocenters. The van der Waals surface area contributed by atoms with Crippen LogP contribution in [-0.4, -0.2) is 40.1 Å². The second-order valence-corrected chi connectivity index (χ2v) is 7.76. The third kappa shape index (κ3) is 4.96. The van der Waals surface area contributed by atoms with E-state index in [-0.39, 0.29) is 29.4 Å². The molecule has 0 spiro atoms. The number of para-hydroxylation sites is 1. The molecule has 0 saturated carbocycles. The van der Waals surface area contributed by atoms with E-state index in [2.05, 4.69) is 15.5 Å². The fourth-order valence-electron chi connectivity index (χ4n) is 3.89. The fourth-order valence-corrected chi connectivity index (χ4v) is 3.89. The van der Waals surface area contributed by atoms with Crippen LogP contribution >= 0.6 is 0 Å². The van der Waals surface area contributed by atoms with Crippen LogP contribution in [0.1, 0.15) is 47.6 Å². The number of likely N-dealkylation sites (tertiary alicyclic amines) is 1. The van der Waals surface area contributed by atoms with Crippen LogP contribution in [0.5, 0.6) is 5.75 Å². The van der Waals surface area contributed by atoms with Crippen molar-refractivity contribution >= 4 is 17.5 Å². The Morgan fingerprint density at radius 3 is 2.75 bits per heavy atom. The monoisotopic (exact) mass is 436 g/mol. The van der Waals surface area contributed by atoms with Crippen LogP contribution in [0.3, 0.4) is 0 Å². The van der Waals surface area contributed by atoms with E-state index in [1.807, 2.05) is 11.0 Å². The summed E-state index contributed by atoms with van der Waals surface area (Å²) in [4.78, 5) is 26.1. The van der Waals surface area contributed by atoms with Gasteiger partial charge in [-0.05, 0) is 55.3 Å². The molecule has 3 aromatic rings. The first-order valence-corrected chi connectivity index (χ1v) is 10.6. The number of hydrogen-bond donors (Lipinski definition) is 2. The lowest BCUT2D eigenvalue weighted by atomic mass is 10.1. The molecule has 1 saturated heterocycles. The molecule has 1 aliphatic heterocycles. The number of H-pyrrole nitrogens is 1. The number of amides is 2. The summed E-state index contributed by atoms with van der Waals surface area (Å²) in [7, 11) is 0. The molecule has 32 heavy (non-hydrogen) atoms. The van der Waals surface area contributed by atoms with E-state index in [9.17, 15) is 14.0 Å². The minimum Gasteiger partial charge on any atom is -0.490 e. The minimum absolute atomic E-state index is 0.0608. The molecule has 7 nitrogen and oxygen atoms in total. The van der Waals surface area contributed by atoms with E-state index in [4.69, 9.17) is 4.74 Å². The highest BCUT2D eigenvalue weighted by Crippen LogP contribution is 2.32. The Labute approximate surface area is 185 Å². The second kappa shape index (κ2) is 9.64. The summed E-state index contributed by atoms with van der Waals surface area (Å²) in [5, 5.41) is 10.1. The van der Waals surface area contributed by atoms with Gasteiger partial charge in [0, 0.05) is 36.8 Å². The molecule has 1 aromatic heterocycles. The molecular weight excluding hydrogens is 411 g/mol. The van der Waals surface area contributed by atoms with Crippen molar-refractivity contribution in [3.63, 3.8) is 0 Å². The molecule has 1 aliphatic rings. The highest BCUT2D eigenvalue weighted by Gasteiger charge is 2.32. The number of aromatic nitrogens is 2. The molecule has 0 bridgehead atoms. The number of hydrogen-bond acceptors (Lipinski definition) is 4. The highest BCUT2D eigenvalue weighted by atomic mass is 19.1. The van der Waals surface area contributed by atoms with Gasteiger partial charge in [0.2, 0.25) is 5.91 Å². The maximum atomic E-state index is 13.7. The Morgan fingerprint density at radius 2 is 2.00 bits per heavy atom. The predicted octanol–water partition coefficient (Wildman–Crippen LogP) is 4.11. The van der Waals surface area contributed by atoms with Crippen LogP contribution in [0, 0.1) is 5.82 Å². The van der Waals surface area contributed by atoms with Gasteiger partial charge in [-0.3, -0.25) is 14.7 Å². The van der Waals surface area contributed by atoms with Gasteiger partial charge in [0.05, 0.1) is 18.3 Å². The van der Waals surface area contributed by atoms with Crippen molar-refractivity contribution in [1.82, 2.24) is 15.1 Å². The van der Waals surface area contributed by atoms with Crippen LogP contribution in [0.15, 0.2) is 54.6 Å². The van der Waals surface area contributed by atoms with E-state index in [0.29, 0.717) is 30.8 Å². The Kier molecular flexibility index (Phi) is 6.49. The van der Waals surface area contributed by atoms with Crippen molar-refractivity contribution < 1.29 is 18.7 Å². The maximum absolute atomic E-state index is 13.7. The normalized spacial score (nSPS) is 15.6. The SMILES string of the molecule is CC(=O)Nc1ccc(C(=O)N2CCCC2c2cc(CCOc3ccccc3F)[nH]n2)cc1. The number of nitrogens with one attached hydrogen (secondary N) is 2. The molecule has 166 valence electrons. The van der Waals surface area contributed by atoms with Crippen molar-refractivity contribution in [1.29, 1.82) is 0 Å². The van der Waals surface area contributed by atoms with E-state index >= 15 is 0 Å². The molecule has 2 heterocycles. The Morgan fingerprint density at radius 1 is 1.22 bits per heavy atom. The number of nitrogens with zero attached hydrogens (tertiary/aromatic N) is 2. The van der Waals surface area contributed by atoms with Gasteiger partial charge < -0.3 is 15.0 Å². The first-order chi connectivity index (χ1) is 15.5. The quantitative estimate of drug-likeness (QED) is 0.584. The van der Waals surface area contributed by atoms with E-state index in [0.717, 1.165) is 24.2 Å². The van der Waals surface area contributed by atoms with E-state index < -0.39 is 0 Å². The molecule has 1 atom stereocenters. The zero-order chi connectivity index (χ0) is 22.5. The highest BCUT2D eigenvalue weighted by molar-refractivity contribution is 5.95. The summed E-state index contributed by atoms with van der Waals surface area (Å²) in [5.41, 5.74) is 2.91. The van der Waals surface area contributed by atoms with Gasteiger partial charge in [-0.25, -0.2) is 4.39 Å². The van der Waals surface area contributed by atoms with Crippen molar-refractivity contribution in [2.24, 2.45) is 0 Å². The summed E-state index contributed by atoms with van der Waals surface area (Å²) >= 11 is 0. The summed E-state index contributed by atoms with van der Waals surface area (Å²) in [6.45, 7) is 2.42. The maximum Gasteiger partial charge on any atom is 0.254 e. The first kappa shape index (κ1) is 21.5. The zero-order valence-electron chi connectivity index (χ0n) is 17.8. The first-order valence-electron chi connectivity index (χ1n) is 10.6. The average molecular weight is 436 g/mol. The minimum atomic E-state index is -0.386. The van der Waals surface area contributed by atoms with Gasteiger partial charge in [0.15, 0.2) is 11.6 Å². The van der Waals surface area contributed by atoms with Crippen molar-refractivity contribution in [3.05, 3.63) is 77.4 Å². The van der Waals surface area contributed by atoms with Crippen LogP contribution < -0.4 is 10.1 Å².